The van der Waals surface area contributed by atoms with Gasteiger partial charge in [-0.1, -0.05) is 20.3 Å². The summed E-state index contributed by atoms with van der Waals surface area (Å²) in [7, 11) is 0. The Morgan fingerprint density at radius 2 is 1.47 bits per heavy atom. The van der Waals surface area contributed by atoms with Crippen molar-refractivity contribution in [2.75, 3.05) is 26.2 Å². The zero-order valence-corrected chi connectivity index (χ0v) is 28.1. The normalized spacial score (nSPS) is 20.8. The van der Waals surface area contributed by atoms with E-state index in [1.807, 2.05) is 13.8 Å². The molecule has 2 fully saturated rings. The lowest BCUT2D eigenvalue weighted by Crippen LogP contribution is -2.60. The number of amides is 5. The smallest absolute Gasteiger partial charge is 0.245 e. The predicted octanol–water partition coefficient (Wildman–Crippen LogP) is -1.80. The van der Waals surface area contributed by atoms with Crippen LogP contribution in [0.15, 0.2) is 4.99 Å². The van der Waals surface area contributed by atoms with Crippen LogP contribution in [-0.2, 0) is 28.8 Å². The summed E-state index contributed by atoms with van der Waals surface area (Å²) in [5.74, 6) is -2.68. The summed E-state index contributed by atoms with van der Waals surface area (Å²) in [5, 5.41) is 8.40. The number of hydrogen-bond donors (Lipinski definition) is 7. The molecule has 47 heavy (non-hydrogen) atoms. The summed E-state index contributed by atoms with van der Waals surface area (Å²) in [4.78, 5) is 85.7. The highest BCUT2D eigenvalue weighted by atomic mass is 16.2. The summed E-state index contributed by atoms with van der Waals surface area (Å²) >= 11 is 0. The van der Waals surface area contributed by atoms with Gasteiger partial charge in [0, 0.05) is 19.6 Å². The number of likely N-dealkylation sites (tertiary alicyclic amines) is 2. The fourth-order valence-electron chi connectivity index (χ4n) is 5.94. The molecule has 0 unspecified atom stereocenters. The van der Waals surface area contributed by atoms with Gasteiger partial charge in [-0.2, -0.15) is 0 Å². The summed E-state index contributed by atoms with van der Waals surface area (Å²) in [6.45, 7) is 6.62. The molecule has 2 aliphatic rings. The molecule has 5 amide bonds. The Labute approximate surface area is 277 Å². The number of aldehydes is 1. The molecule has 2 rings (SSSR count). The van der Waals surface area contributed by atoms with Crippen LogP contribution in [-0.4, -0.2) is 114 Å². The molecule has 266 valence electrons. The van der Waals surface area contributed by atoms with E-state index in [4.69, 9.17) is 22.9 Å². The molecular weight excluding hydrogens is 608 g/mol. The molecule has 0 bridgehead atoms. The Kier molecular flexibility index (Phi) is 16.6. The van der Waals surface area contributed by atoms with Crippen LogP contribution in [0.25, 0.3) is 0 Å². The molecule has 11 N–H and O–H groups in total. The molecular formula is C31H56N10O6. The van der Waals surface area contributed by atoms with Crippen LogP contribution in [0, 0.1) is 5.92 Å². The average molecular weight is 665 g/mol. The van der Waals surface area contributed by atoms with E-state index in [-0.39, 0.29) is 36.7 Å². The Bertz CT molecular complexity index is 1110. The van der Waals surface area contributed by atoms with Crippen LogP contribution < -0.4 is 38.9 Å². The minimum atomic E-state index is -1.00. The number of nitrogens with one attached hydrogen (secondary N) is 3. The van der Waals surface area contributed by atoms with Gasteiger partial charge in [0.15, 0.2) is 5.96 Å². The number of carbonyl (C=O) groups excluding carboxylic acids is 6. The van der Waals surface area contributed by atoms with E-state index in [0.717, 1.165) is 6.29 Å². The quantitative estimate of drug-likeness (QED) is 0.0352. The average Bonchev–Trinajstić information content (AvgIpc) is 3.73. The first-order valence-corrected chi connectivity index (χ1v) is 16.8. The highest BCUT2D eigenvalue weighted by Crippen LogP contribution is 2.22. The third kappa shape index (κ3) is 11.8. The maximum absolute atomic E-state index is 13.8. The van der Waals surface area contributed by atoms with Gasteiger partial charge in [0.25, 0.3) is 0 Å². The van der Waals surface area contributed by atoms with E-state index in [0.29, 0.717) is 77.4 Å². The van der Waals surface area contributed by atoms with Crippen LogP contribution in [0.3, 0.4) is 0 Å². The number of aliphatic imine (C=N–C) groups is 1. The van der Waals surface area contributed by atoms with Gasteiger partial charge in [0.1, 0.15) is 30.5 Å². The maximum atomic E-state index is 13.8. The first-order chi connectivity index (χ1) is 22.4. The number of rotatable bonds is 19. The molecule has 0 aromatic heterocycles. The van der Waals surface area contributed by atoms with Gasteiger partial charge in [-0.05, 0) is 77.2 Å². The van der Waals surface area contributed by atoms with Crippen molar-refractivity contribution in [3.8, 4) is 0 Å². The largest absolute Gasteiger partial charge is 0.370 e. The molecule has 2 saturated heterocycles. The number of hydrogen-bond acceptors (Lipinski definition) is 9. The highest BCUT2D eigenvalue weighted by Gasteiger charge is 2.40. The molecule has 16 heteroatoms. The van der Waals surface area contributed by atoms with E-state index in [1.165, 1.54) is 16.7 Å². The summed E-state index contributed by atoms with van der Waals surface area (Å²) in [5.41, 5.74) is 22.2. The number of nitrogens with zero attached hydrogens (tertiary/aromatic N) is 3. The fraction of sp³-hybridized carbons (Fsp3) is 0.774. The molecule has 2 heterocycles. The van der Waals surface area contributed by atoms with Crippen molar-refractivity contribution < 1.29 is 28.8 Å². The second-order valence-electron chi connectivity index (χ2n) is 12.6. The zero-order chi connectivity index (χ0) is 35.1. The van der Waals surface area contributed by atoms with Gasteiger partial charge >= 0.3 is 0 Å². The van der Waals surface area contributed by atoms with E-state index < -0.39 is 54.0 Å². The standard InChI is InChI=1S/C31H56N10O6/c1-4-19(2)25(28(45)38-23(12-7-15-36-31(34)35)29(46)40-16-8-10-21(40)18-42)39-27(44)24-13-9-17-41(24)30(47)22(11-5-6-14-32)37-26(43)20(3)33/h18-25H,4-17,32-33H2,1-3H3,(H,37,43)(H,38,45)(H,39,44)(H4,34,35,36)/t19-,20-,21-,22-,23-,24-,25-/m0/s1. The lowest BCUT2D eigenvalue weighted by molar-refractivity contribution is -0.143. The molecule has 7 atom stereocenters. The van der Waals surface area contributed by atoms with Crippen LogP contribution in [0.5, 0.6) is 0 Å². The summed E-state index contributed by atoms with van der Waals surface area (Å²) in [6.07, 6.45) is 5.68. The fourth-order valence-corrected chi connectivity index (χ4v) is 5.94. The maximum Gasteiger partial charge on any atom is 0.245 e. The van der Waals surface area contributed by atoms with Crippen molar-refractivity contribution >= 4 is 41.8 Å². The summed E-state index contributed by atoms with van der Waals surface area (Å²) in [6, 6.07) is -5.06. The van der Waals surface area contributed by atoms with E-state index in [2.05, 4.69) is 20.9 Å². The number of carbonyl (C=O) groups is 6. The number of unbranched alkanes of at least 4 members (excludes halogenated alkanes) is 1. The lowest BCUT2D eigenvalue weighted by atomic mass is 9.96. The van der Waals surface area contributed by atoms with Crippen LogP contribution in [0.1, 0.15) is 85.0 Å². The van der Waals surface area contributed by atoms with Crippen molar-refractivity contribution in [3.63, 3.8) is 0 Å². The van der Waals surface area contributed by atoms with Gasteiger partial charge in [0.2, 0.25) is 29.5 Å². The molecule has 0 spiro atoms. The molecule has 0 aliphatic carbocycles. The topological polar surface area (TPSA) is 261 Å². The van der Waals surface area contributed by atoms with Crippen molar-refractivity contribution in [1.29, 1.82) is 0 Å². The van der Waals surface area contributed by atoms with Crippen molar-refractivity contribution in [2.45, 2.75) is 121 Å². The molecule has 0 aromatic carbocycles. The first-order valence-electron chi connectivity index (χ1n) is 16.8. The Morgan fingerprint density at radius 3 is 2.06 bits per heavy atom. The SMILES string of the molecule is CC[C@H](C)[C@H](NC(=O)[C@@H]1CCCN1C(=O)[C@H](CCCCN)NC(=O)[C@H](C)N)C(=O)N[C@@H](CCCN=C(N)N)C(=O)N1CCC[C@H]1C=O. The third-order valence-electron chi connectivity index (χ3n) is 8.91. The zero-order valence-electron chi connectivity index (χ0n) is 28.1. The highest BCUT2D eigenvalue weighted by molar-refractivity contribution is 5.96. The minimum absolute atomic E-state index is 0.0883. The monoisotopic (exact) mass is 664 g/mol. The Morgan fingerprint density at radius 1 is 0.872 bits per heavy atom. The van der Waals surface area contributed by atoms with Crippen molar-refractivity contribution in [3.05, 3.63) is 0 Å². The summed E-state index contributed by atoms with van der Waals surface area (Å²) < 4.78 is 0. The van der Waals surface area contributed by atoms with E-state index >= 15 is 0 Å². The van der Waals surface area contributed by atoms with Gasteiger partial charge in [-0.25, -0.2) is 0 Å². The molecule has 2 aliphatic heterocycles. The molecule has 16 nitrogen and oxygen atoms in total. The first kappa shape index (κ1) is 39.4. The van der Waals surface area contributed by atoms with E-state index in [9.17, 15) is 28.8 Å². The van der Waals surface area contributed by atoms with Gasteiger partial charge in [0.05, 0.1) is 12.1 Å². The van der Waals surface area contributed by atoms with Gasteiger partial charge < -0.3 is 53.5 Å². The third-order valence-corrected chi connectivity index (χ3v) is 8.91. The van der Waals surface area contributed by atoms with Crippen LogP contribution >= 0.6 is 0 Å². The van der Waals surface area contributed by atoms with Crippen LogP contribution in [0.4, 0.5) is 0 Å². The van der Waals surface area contributed by atoms with Crippen molar-refractivity contribution in [2.24, 2.45) is 33.8 Å². The second kappa shape index (κ2) is 19.8. The number of guanidine groups is 1. The predicted molar refractivity (Wildman–Crippen MR) is 177 cm³/mol. The molecule has 0 radical (unpaired) electrons. The second-order valence-corrected chi connectivity index (χ2v) is 12.6. The van der Waals surface area contributed by atoms with Crippen LogP contribution in [0.2, 0.25) is 0 Å². The Balaban J connectivity index is 2.23. The molecule has 0 aromatic rings. The Hall–Kier alpha value is -3.79. The van der Waals surface area contributed by atoms with Gasteiger partial charge in [-0.3, -0.25) is 29.0 Å². The van der Waals surface area contributed by atoms with Gasteiger partial charge in [-0.15, -0.1) is 0 Å². The van der Waals surface area contributed by atoms with E-state index in [1.54, 1.807) is 0 Å². The minimum Gasteiger partial charge on any atom is -0.370 e. The van der Waals surface area contributed by atoms with Crippen molar-refractivity contribution in [1.82, 2.24) is 25.8 Å². The lowest BCUT2D eigenvalue weighted by Gasteiger charge is -2.32. The molecule has 0 saturated carbocycles. The number of nitrogens with two attached hydrogens (primary N) is 4.